The molecule has 5 nitrogen and oxygen atoms in total. The Balaban J connectivity index is 1.59. The van der Waals surface area contributed by atoms with E-state index in [-0.39, 0.29) is 23.1 Å². The van der Waals surface area contributed by atoms with Gasteiger partial charge in [0.25, 0.3) is 5.91 Å². The van der Waals surface area contributed by atoms with Gasteiger partial charge in [-0.3, -0.25) is 9.59 Å². The first-order valence-corrected chi connectivity index (χ1v) is 11.2. The summed E-state index contributed by atoms with van der Waals surface area (Å²) in [6.45, 7) is 4.45. The topological polar surface area (TPSA) is 62.3 Å². The Bertz CT molecular complexity index is 1070. The van der Waals surface area contributed by atoms with E-state index >= 15 is 0 Å². The molecule has 1 heterocycles. The molecule has 1 aromatic heterocycles. The Hall–Kier alpha value is -2.86. The smallest absolute Gasteiger partial charge is 0.252 e. The van der Waals surface area contributed by atoms with E-state index in [1.807, 2.05) is 74.5 Å². The van der Waals surface area contributed by atoms with E-state index in [2.05, 4.69) is 5.32 Å². The highest BCUT2D eigenvalue weighted by Crippen LogP contribution is 2.29. The number of pyridine rings is 1. The van der Waals surface area contributed by atoms with Crippen molar-refractivity contribution in [2.75, 3.05) is 11.4 Å². The van der Waals surface area contributed by atoms with E-state index in [0.29, 0.717) is 17.1 Å². The molecule has 4 rings (SSSR count). The molecule has 1 atom stereocenters. The van der Waals surface area contributed by atoms with Gasteiger partial charge in [0.2, 0.25) is 5.91 Å². The second-order valence-corrected chi connectivity index (χ2v) is 8.81. The van der Waals surface area contributed by atoms with E-state index in [1.54, 1.807) is 4.90 Å². The van der Waals surface area contributed by atoms with Crippen molar-refractivity contribution in [1.29, 1.82) is 0 Å². The Kier molecular flexibility index (Phi) is 6.04. The molecule has 1 saturated carbocycles. The molecule has 1 N–H and O–H groups in total. The van der Waals surface area contributed by atoms with E-state index in [1.165, 1.54) is 11.8 Å². The van der Waals surface area contributed by atoms with Crippen LogP contribution < -0.4 is 10.2 Å². The third-order valence-corrected chi connectivity index (χ3v) is 6.15. The number of para-hydroxylation sites is 2. The van der Waals surface area contributed by atoms with E-state index in [4.69, 9.17) is 4.98 Å². The number of rotatable bonds is 7. The molecule has 2 aromatic carbocycles. The normalized spacial score (nSPS) is 14.3. The van der Waals surface area contributed by atoms with Crippen LogP contribution in [0.1, 0.15) is 37.0 Å². The average molecular weight is 420 g/mol. The molecular formula is C24H25N3O2S. The summed E-state index contributed by atoms with van der Waals surface area (Å²) < 4.78 is 0. The summed E-state index contributed by atoms with van der Waals surface area (Å²) in [5.41, 5.74) is 2.26. The minimum atomic E-state index is -0.335. The maximum Gasteiger partial charge on any atom is 0.252 e. The van der Waals surface area contributed by atoms with Crippen LogP contribution in [-0.2, 0) is 4.79 Å². The number of carbonyl (C=O) groups excluding carboxylic acids is 2. The van der Waals surface area contributed by atoms with Crippen molar-refractivity contribution in [1.82, 2.24) is 10.3 Å². The fourth-order valence-electron chi connectivity index (χ4n) is 3.41. The zero-order chi connectivity index (χ0) is 21.1. The van der Waals surface area contributed by atoms with Crippen molar-refractivity contribution in [3.63, 3.8) is 0 Å². The van der Waals surface area contributed by atoms with Crippen molar-refractivity contribution >= 4 is 40.2 Å². The number of thioether (sulfide) groups is 1. The molecule has 1 unspecified atom stereocenters. The van der Waals surface area contributed by atoms with Crippen molar-refractivity contribution in [2.24, 2.45) is 0 Å². The summed E-state index contributed by atoms with van der Waals surface area (Å²) in [5, 5.41) is 4.24. The predicted molar refractivity (Wildman–Crippen MR) is 122 cm³/mol. The molecule has 6 heteroatoms. The standard InChI is InChI=1S/C24H25N3O2S/c1-3-27(18-9-5-4-6-10-18)24(29)16(2)30-22-15-20(23(28)25-17-13-14-17)19-11-7-8-12-21(19)26-22/h4-12,15-17H,3,13-14H2,1-2H3,(H,25,28). The summed E-state index contributed by atoms with van der Waals surface area (Å²) in [4.78, 5) is 32.4. The maximum atomic E-state index is 13.1. The zero-order valence-corrected chi connectivity index (χ0v) is 18.0. The fraction of sp³-hybridized carbons (Fsp3) is 0.292. The summed E-state index contributed by atoms with van der Waals surface area (Å²) in [6, 6.07) is 19.4. The third-order valence-electron chi connectivity index (χ3n) is 5.15. The zero-order valence-electron chi connectivity index (χ0n) is 17.2. The highest BCUT2D eigenvalue weighted by atomic mass is 32.2. The third kappa shape index (κ3) is 4.49. The lowest BCUT2D eigenvalue weighted by atomic mass is 10.1. The minimum absolute atomic E-state index is 0.0210. The predicted octanol–water partition coefficient (Wildman–Crippen LogP) is 4.66. The molecule has 1 fully saturated rings. The minimum Gasteiger partial charge on any atom is -0.349 e. The lowest BCUT2D eigenvalue weighted by molar-refractivity contribution is -0.117. The Labute approximate surface area is 180 Å². The molecule has 1 aliphatic carbocycles. The summed E-state index contributed by atoms with van der Waals surface area (Å²) in [7, 11) is 0. The number of amides is 2. The number of benzene rings is 2. The maximum absolute atomic E-state index is 13.1. The van der Waals surface area contributed by atoms with E-state index < -0.39 is 0 Å². The highest BCUT2D eigenvalue weighted by molar-refractivity contribution is 8.00. The van der Waals surface area contributed by atoms with E-state index in [0.717, 1.165) is 29.4 Å². The van der Waals surface area contributed by atoms with Gasteiger partial charge in [0, 0.05) is 23.7 Å². The van der Waals surface area contributed by atoms with Crippen molar-refractivity contribution in [3.05, 3.63) is 66.2 Å². The molecular weight excluding hydrogens is 394 g/mol. The summed E-state index contributed by atoms with van der Waals surface area (Å²) in [5.74, 6) is -0.0518. The Morgan fingerprint density at radius 2 is 1.83 bits per heavy atom. The van der Waals surface area contributed by atoms with Crippen LogP contribution in [0, 0.1) is 0 Å². The first-order chi connectivity index (χ1) is 14.6. The summed E-state index contributed by atoms with van der Waals surface area (Å²) in [6.07, 6.45) is 2.07. The molecule has 30 heavy (non-hydrogen) atoms. The van der Waals surface area contributed by atoms with Gasteiger partial charge in [0.1, 0.15) is 0 Å². The molecule has 3 aromatic rings. The van der Waals surface area contributed by atoms with Gasteiger partial charge in [-0.2, -0.15) is 0 Å². The van der Waals surface area contributed by atoms with Crippen LogP contribution in [0.4, 0.5) is 5.69 Å². The van der Waals surface area contributed by atoms with Crippen molar-refractivity contribution in [2.45, 2.75) is 43.0 Å². The Morgan fingerprint density at radius 3 is 2.53 bits per heavy atom. The van der Waals surface area contributed by atoms with Gasteiger partial charge in [-0.15, -0.1) is 0 Å². The number of anilines is 1. The molecule has 2 amide bonds. The number of hydrogen-bond donors (Lipinski definition) is 1. The number of carbonyl (C=O) groups is 2. The highest BCUT2D eigenvalue weighted by Gasteiger charge is 2.26. The van der Waals surface area contributed by atoms with Crippen LogP contribution >= 0.6 is 11.8 Å². The fourth-order valence-corrected chi connectivity index (χ4v) is 4.34. The number of hydrogen-bond acceptors (Lipinski definition) is 4. The molecule has 0 spiro atoms. The Morgan fingerprint density at radius 1 is 1.13 bits per heavy atom. The largest absolute Gasteiger partial charge is 0.349 e. The lowest BCUT2D eigenvalue weighted by Crippen LogP contribution is -2.36. The van der Waals surface area contributed by atoms with Gasteiger partial charge in [-0.05, 0) is 51.0 Å². The second-order valence-electron chi connectivity index (χ2n) is 7.45. The molecule has 0 bridgehead atoms. The van der Waals surface area contributed by atoms with Crippen LogP contribution in [0.2, 0.25) is 0 Å². The van der Waals surface area contributed by atoms with Gasteiger partial charge in [-0.1, -0.05) is 48.2 Å². The number of nitrogens with one attached hydrogen (secondary N) is 1. The second kappa shape index (κ2) is 8.88. The molecule has 0 aliphatic heterocycles. The molecule has 0 radical (unpaired) electrons. The van der Waals surface area contributed by atoms with E-state index in [9.17, 15) is 9.59 Å². The van der Waals surface area contributed by atoms with Crippen LogP contribution in [0.3, 0.4) is 0 Å². The van der Waals surface area contributed by atoms with Crippen LogP contribution in [0.25, 0.3) is 10.9 Å². The number of aromatic nitrogens is 1. The molecule has 1 aliphatic rings. The van der Waals surface area contributed by atoms with Gasteiger partial charge in [0.15, 0.2) is 0 Å². The van der Waals surface area contributed by atoms with Crippen LogP contribution in [0.5, 0.6) is 0 Å². The van der Waals surface area contributed by atoms with Gasteiger partial charge in [0.05, 0.1) is 21.4 Å². The van der Waals surface area contributed by atoms with Crippen LogP contribution in [0.15, 0.2) is 65.7 Å². The van der Waals surface area contributed by atoms with Gasteiger partial charge >= 0.3 is 0 Å². The average Bonchev–Trinajstić information content (AvgIpc) is 3.58. The SMILES string of the molecule is CCN(C(=O)C(C)Sc1cc(C(=O)NC2CC2)c2ccccc2n1)c1ccccc1. The van der Waals surface area contributed by atoms with Gasteiger partial charge in [-0.25, -0.2) is 4.98 Å². The number of nitrogens with zero attached hydrogens (tertiary/aromatic N) is 2. The monoisotopic (exact) mass is 419 g/mol. The molecule has 154 valence electrons. The van der Waals surface area contributed by atoms with Gasteiger partial charge < -0.3 is 10.2 Å². The lowest BCUT2D eigenvalue weighted by Gasteiger charge is -2.24. The van der Waals surface area contributed by atoms with Crippen molar-refractivity contribution < 1.29 is 9.59 Å². The van der Waals surface area contributed by atoms with Crippen LogP contribution in [-0.4, -0.2) is 34.6 Å². The first-order valence-electron chi connectivity index (χ1n) is 10.3. The summed E-state index contributed by atoms with van der Waals surface area (Å²) >= 11 is 1.39. The quantitative estimate of drug-likeness (QED) is 0.566. The van der Waals surface area contributed by atoms with Crippen molar-refractivity contribution in [3.8, 4) is 0 Å². The number of fused-ring (bicyclic) bond motifs is 1. The first kappa shape index (κ1) is 20.4. The molecule has 0 saturated heterocycles.